The second-order valence-corrected chi connectivity index (χ2v) is 5.37. The number of aryl methyl sites for hydroxylation is 1. The van der Waals surface area contributed by atoms with Crippen LogP contribution in [0.25, 0.3) is 0 Å². The molecule has 0 radical (unpaired) electrons. The molecule has 0 bridgehead atoms. The summed E-state index contributed by atoms with van der Waals surface area (Å²) in [6.45, 7) is 1.88. The Bertz CT molecular complexity index is 694. The maximum atomic E-state index is 12.2. The van der Waals surface area contributed by atoms with Gasteiger partial charge in [0.2, 0.25) is 0 Å². The summed E-state index contributed by atoms with van der Waals surface area (Å²) in [7, 11) is 3.35. The first-order valence-corrected chi connectivity index (χ1v) is 7.27. The van der Waals surface area contributed by atoms with Crippen molar-refractivity contribution in [2.24, 2.45) is 0 Å². The number of benzene rings is 2. The van der Waals surface area contributed by atoms with Crippen molar-refractivity contribution < 1.29 is 14.3 Å². The maximum absolute atomic E-state index is 12.2. The summed E-state index contributed by atoms with van der Waals surface area (Å²) < 4.78 is 5.39. The molecule has 0 aliphatic carbocycles. The molecule has 0 saturated carbocycles. The average molecular weight is 312 g/mol. The third-order valence-electron chi connectivity index (χ3n) is 3.36. The van der Waals surface area contributed by atoms with Crippen molar-refractivity contribution >= 4 is 17.5 Å². The van der Waals surface area contributed by atoms with Crippen molar-refractivity contribution in [2.75, 3.05) is 26.0 Å². The average Bonchev–Trinajstić information content (AvgIpc) is 2.54. The van der Waals surface area contributed by atoms with Crippen LogP contribution in [0.5, 0.6) is 5.75 Å². The van der Waals surface area contributed by atoms with Gasteiger partial charge in [-0.2, -0.15) is 0 Å². The fourth-order valence-electron chi connectivity index (χ4n) is 1.93. The van der Waals surface area contributed by atoms with Gasteiger partial charge in [0, 0.05) is 25.3 Å². The Balaban J connectivity index is 1.96. The quantitative estimate of drug-likeness (QED) is 0.923. The number of ether oxygens (including phenoxy) is 1. The molecule has 2 rings (SSSR count). The van der Waals surface area contributed by atoms with E-state index in [1.54, 1.807) is 44.4 Å². The molecule has 0 aliphatic heterocycles. The molecule has 2 amide bonds. The van der Waals surface area contributed by atoms with Crippen LogP contribution in [0.3, 0.4) is 0 Å². The predicted molar refractivity (Wildman–Crippen MR) is 89.8 cm³/mol. The van der Waals surface area contributed by atoms with Crippen LogP contribution in [0.1, 0.15) is 15.9 Å². The molecule has 0 heterocycles. The fraction of sp³-hybridized carbons (Fsp3) is 0.222. The predicted octanol–water partition coefficient (Wildman–Crippen LogP) is 2.71. The van der Waals surface area contributed by atoms with Crippen molar-refractivity contribution in [3.63, 3.8) is 0 Å². The number of nitrogens with one attached hydrogen (secondary N) is 1. The van der Waals surface area contributed by atoms with Crippen molar-refractivity contribution in [3.8, 4) is 5.75 Å². The van der Waals surface area contributed by atoms with Crippen molar-refractivity contribution in [1.29, 1.82) is 0 Å². The van der Waals surface area contributed by atoms with Crippen LogP contribution >= 0.6 is 0 Å². The maximum Gasteiger partial charge on any atom is 0.259 e. The molecule has 1 N–H and O–H groups in total. The lowest BCUT2D eigenvalue weighted by molar-refractivity contribution is -0.130. The Morgan fingerprint density at radius 3 is 2.30 bits per heavy atom. The van der Waals surface area contributed by atoms with E-state index in [2.05, 4.69) is 5.32 Å². The molecule has 120 valence electrons. The lowest BCUT2D eigenvalue weighted by atomic mass is 10.1. The third-order valence-corrected chi connectivity index (χ3v) is 3.36. The monoisotopic (exact) mass is 312 g/mol. The first kappa shape index (κ1) is 16.5. The summed E-state index contributed by atoms with van der Waals surface area (Å²) in [6.07, 6.45) is 0. The van der Waals surface area contributed by atoms with E-state index < -0.39 is 0 Å². The van der Waals surface area contributed by atoms with E-state index in [9.17, 15) is 9.59 Å². The topological polar surface area (TPSA) is 58.6 Å². The molecular formula is C18H20N2O3. The summed E-state index contributed by atoms with van der Waals surface area (Å²) in [5.41, 5.74) is 2.24. The normalized spacial score (nSPS) is 10.0. The zero-order valence-corrected chi connectivity index (χ0v) is 13.5. The lowest BCUT2D eigenvalue weighted by Gasteiger charge is -2.12. The molecular weight excluding hydrogens is 292 g/mol. The van der Waals surface area contributed by atoms with E-state index in [-0.39, 0.29) is 18.4 Å². The van der Waals surface area contributed by atoms with Gasteiger partial charge >= 0.3 is 0 Å². The number of likely N-dealkylation sites (N-methyl/N-ethyl adjacent to an activating group) is 1. The summed E-state index contributed by atoms with van der Waals surface area (Å²) in [6, 6.07) is 14.3. The standard InChI is InChI=1S/C18H20N2O3/c1-13-6-4-5-7-16(13)18(22)19-14-8-10-15(11-9-14)23-12-17(21)20(2)3/h4-11H,12H2,1-3H3,(H,19,22). The van der Waals surface area contributed by atoms with E-state index in [1.807, 2.05) is 25.1 Å². The van der Waals surface area contributed by atoms with Crippen molar-refractivity contribution in [1.82, 2.24) is 4.90 Å². The summed E-state index contributed by atoms with van der Waals surface area (Å²) in [4.78, 5) is 25.1. The van der Waals surface area contributed by atoms with Gasteiger partial charge in [-0.3, -0.25) is 9.59 Å². The van der Waals surface area contributed by atoms with Gasteiger partial charge in [-0.1, -0.05) is 18.2 Å². The minimum atomic E-state index is -0.153. The molecule has 0 saturated heterocycles. The molecule has 0 aliphatic rings. The molecule has 2 aromatic carbocycles. The number of carbonyl (C=O) groups excluding carboxylic acids is 2. The highest BCUT2D eigenvalue weighted by Gasteiger charge is 2.09. The molecule has 0 unspecified atom stereocenters. The smallest absolute Gasteiger partial charge is 0.259 e. The van der Waals surface area contributed by atoms with Crippen LogP contribution in [0.4, 0.5) is 5.69 Å². The molecule has 0 fully saturated rings. The van der Waals surface area contributed by atoms with E-state index in [0.717, 1.165) is 5.56 Å². The van der Waals surface area contributed by atoms with Gasteiger partial charge in [-0.25, -0.2) is 0 Å². The highest BCUT2D eigenvalue weighted by Crippen LogP contribution is 2.17. The van der Waals surface area contributed by atoms with Crippen LogP contribution in [-0.4, -0.2) is 37.4 Å². The molecule has 2 aromatic rings. The van der Waals surface area contributed by atoms with Gasteiger partial charge in [0.25, 0.3) is 11.8 Å². The van der Waals surface area contributed by atoms with Crippen molar-refractivity contribution in [2.45, 2.75) is 6.92 Å². The number of anilines is 1. The van der Waals surface area contributed by atoms with Crippen LogP contribution in [0.2, 0.25) is 0 Å². The third kappa shape index (κ3) is 4.57. The van der Waals surface area contributed by atoms with Gasteiger partial charge in [0.05, 0.1) is 0 Å². The highest BCUT2D eigenvalue weighted by molar-refractivity contribution is 6.05. The Hall–Kier alpha value is -2.82. The number of hydrogen-bond donors (Lipinski definition) is 1. The first-order chi connectivity index (χ1) is 11.0. The largest absolute Gasteiger partial charge is 0.484 e. The van der Waals surface area contributed by atoms with Gasteiger partial charge in [-0.15, -0.1) is 0 Å². The Labute approximate surface area is 135 Å². The highest BCUT2D eigenvalue weighted by atomic mass is 16.5. The summed E-state index contributed by atoms with van der Waals surface area (Å²) in [5, 5.41) is 2.84. The number of hydrogen-bond acceptors (Lipinski definition) is 3. The molecule has 0 aromatic heterocycles. The second-order valence-electron chi connectivity index (χ2n) is 5.37. The minimum absolute atomic E-state index is 0.0120. The zero-order valence-electron chi connectivity index (χ0n) is 13.5. The van der Waals surface area contributed by atoms with Crippen LogP contribution in [0, 0.1) is 6.92 Å². The van der Waals surface area contributed by atoms with E-state index in [0.29, 0.717) is 17.0 Å². The molecule has 23 heavy (non-hydrogen) atoms. The first-order valence-electron chi connectivity index (χ1n) is 7.27. The van der Waals surface area contributed by atoms with Gasteiger partial charge in [0.15, 0.2) is 6.61 Å². The van der Waals surface area contributed by atoms with Crippen LogP contribution < -0.4 is 10.1 Å². The SMILES string of the molecule is Cc1ccccc1C(=O)Nc1ccc(OCC(=O)N(C)C)cc1. The van der Waals surface area contributed by atoms with Crippen LogP contribution in [0.15, 0.2) is 48.5 Å². The van der Waals surface area contributed by atoms with Crippen molar-refractivity contribution in [3.05, 3.63) is 59.7 Å². The summed E-state index contributed by atoms with van der Waals surface area (Å²) in [5.74, 6) is 0.315. The van der Waals surface area contributed by atoms with Crippen LogP contribution in [-0.2, 0) is 4.79 Å². The zero-order chi connectivity index (χ0) is 16.8. The lowest BCUT2D eigenvalue weighted by Crippen LogP contribution is -2.27. The van der Waals surface area contributed by atoms with Gasteiger partial charge in [-0.05, 0) is 42.8 Å². The van der Waals surface area contributed by atoms with E-state index in [1.165, 1.54) is 4.90 Å². The van der Waals surface area contributed by atoms with Gasteiger partial charge in [0.1, 0.15) is 5.75 Å². The molecule has 0 atom stereocenters. The van der Waals surface area contributed by atoms with E-state index in [4.69, 9.17) is 4.74 Å². The molecule has 5 nitrogen and oxygen atoms in total. The number of rotatable bonds is 5. The Morgan fingerprint density at radius 2 is 1.70 bits per heavy atom. The minimum Gasteiger partial charge on any atom is -0.484 e. The number of carbonyl (C=O) groups is 2. The number of nitrogens with zero attached hydrogens (tertiary/aromatic N) is 1. The number of amides is 2. The van der Waals surface area contributed by atoms with Gasteiger partial charge < -0.3 is 15.0 Å². The Morgan fingerprint density at radius 1 is 1.04 bits per heavy atom. The fourth-order valence-corrected chi connectivity index (χ4v) is 1.93. The molecule has 0 spiro atoms. The molecule has 5 heteroatoms. The van der Waals surface area contributed by atoms with E-state index >= 15 is 0 Å². The second kappa shape index (κ2) is 7.45. The summed E-state index contributed by atoms with van der Waals surface area (Å²) >= 11 is 0. The Kier molecular flexibility index (Phi) is 5.36.